The van der Waals surface area contributed by atoms with Gasteiger partial charge < -0.3 is 5.32 Å². The maximum atomic E-state index is 4.68. The van der Waals surface area contributed by atoms with Crippen LogP contribution in [0.5, 0.6) is 0 Å². The van der Waals surface area contributed by atoms with Gasteiger partial charge in [0.1, 0.15) is 11.0 Å². The van der Waals surface area contributed by atoms with Crippen LogP contribution in [0.1, 0.15) is 18.4 Å². The SMILES string of the molecule is C(=C\C1CCNCC1)/c1ccc2nonc2c1. The first-order valence-electron chi connectivity index (χ1n) is 6.03. The molecule has 0 atom stereocenters. The molecule has 2 aromatic rings. The van der Waals surface area contributed by atoms with E-state index in [0.717, 1.165) is 29.7 Å². The number of nitrogens with one attached hydrogen (secondary N) is 1. The van der Waals surface area contributed by atoms with Crippen LogP contribution in [0.15, 0.2) is 28.9 Å². The summed E-state index contributed by atoms with van der Waals surface area (Å²) in [5, 5.41) is 11.0. The third kappa shape index (κ3) is 2.36. The van der Waals surface area contributed by atoms with Crippen LogP contribution in [0, 0.1) is 5.92 Å². The molecule has 2 heterocycles. The molecule has 0 amide bonds. The summed E-state index contributed by atoms with van der Waals surface area (Å²) in [4.78, 5) is 0. The van der Waals surface area contributed by atoms with Crippen molar-refractivity contribution in [2.45, 2.75) is 12.8 Å². The number of allylic oxidation sites excluding steroid dienone is 1. The summed E-state index contributed by atoms with van der Waals surface area (Å²) in [6.07, 6.45) is 6.92. The molecular weight excluding hydrogens is 214 g/mol. The van der Waals surface area contributed by atoms with Crippen molar-refractivity contribution in [2.24, 2.45) is 5.92 Å². The Morgan fingerprint density at radius 2 is 2.00 bits per heavy atom. The minimum atomic E-state index is 0.697. The third-order valence-corrected chi connectivity index (χ3v) is 3.22. The van der Waals surface area contributed by atoms with Gasteiger partial charge in [-0.2, -0.15) is 0 Å². The Kier molecular flexibility index (Phi) is 2.88. The summed E-state index contributed by atoms with van der Waals surface area (Å²) in [6, 6.07) is 5.99. The van der Waals surface area contributed by atoms with E-state index >= 15 is 0 Å². The maximum absolute atomic E-state index is 4.68. The summed E-state index contributed by atoms with van der Waals surface area (Å²) < 4.78 is 4.68. The first-order valence-corrected chi connectivity index (χ1v) is 6.03. The second-order valence-electron chi connectivity index (χ2n) is 4.46. The zero-order valence-corrected chi connectivity index (χ0v) is 9.60. The zero-order valence-electron chi connectivity index (χ0n) is 9.60. The fourth-order valence-electron chi connectivity index (χ4n) is 2.19. The summed E-state index contributed by atoms with van der Waals surface area (Å²) >= 11 is 0. The van der Waals surface area contributed by atoms with E-state index in [4.69, 9.17) is 0 Å². The molecule has 1 aromatic heterocycles. The summed E-state index contributed by atoms with van der Waals surface area (Å²) in [5.41, 5.74) is 2.79. The van der Waals surface area contributed by atoms with Crippen LogP contribution in [0.3, 0.4) is 0 Å². The molecule has 88 valence electrons. The largest absolute Gasteiger partial charge is 0.317 e. The number of benzene rings is 1. The van der Waals surface area contributed by atoms with Crippen molar-refractivity contribution >= 4 is 17.1 Å². The van der Waals surface area contributed by atoms with Gasteiger partial charge in [-0.05, 0) is 59.9 Å². The van der Waals surface area contributed by atoms with Crippen molar-refractivity contribution in [3.63, 3.8) is 0 Å². The Hall–Kier alpha value is -1.68. The van der Waals surface area contributed by atoms with Crippen LogP contribution in [0.4, 0.5) is 0 Å². The number of fused-ring (bicyclic) bond motifs is 1. The minimum absolute atomic E-state index is 0.697. The first-order chi connectivity index (χ1) is 8.42. The van der Waals surface area contributed by atoms with E-state index in [-0.39, 0.29) is 0 Å². The molecule has 0 radical (unpaired) electrons. The predicted molar refractivity (Wildman–Crippen MR) is 66.4 cm³/mol. The van der Waals surface area contributed by atoms with Crippen LogP contribution < -0.4 is 5.32 Å². The van der Waals surface area contributed by atoms with Crippen LogP contribution in [0.25, 0.3) is 17.1 Å². The molecule has 3 rings (SSSR count). The molecular formula is C13H15N3O. The molecule has 1 aromatic carbocycles. The molecule has 4 heteroatoms. The minimum Gasteiger partial charge on any atom is -0.317 e. The monoisotopic (exact) mass is 229 g/mol. The second-order valence-corrected chi connectivity index (χ2v) is 4.46. The highest BCUT2D eigenvalue weighted by Gasteiger charge is 2.09. The highest BCUT2D eigenvalue weighted by Crippen LogP contribution is 2.17. The average molecular weight is 229 g/mol. The molecule has 0 bridgehead atoms. The van der Waals surface area contributed by atoms with E-state index in [1.165, 1.54) is 12.8 Å². The Balaban J connectivity index is 1.76. The van der Waals surface area contributed by atoms with Gasteiger partial charge in [-0.15, -0.1) is 0 Å². The number of hydrogen-bond acceptors (Lipinski definition) is 4. The van der Waals surface area contributed by atoms with E-state index in [1.54, 1.807) is 0 Å². The van der Waals surface area contributed by atoms with Crippen LogP contribution >= 0.6 is 0 Å². The molecule has 1 fully saturated rings. The first kappa shape index (κ1) is 10.5. The quantitative estimate of drug-likeness (QED) is 0.858. The molecule has 1 aliphatic heterocycles. The Bertz CT molecular complexity index is 526. The lowest BCUT2D eigenvalue weighted by molar-refractivity contribution is 0.315. The van der Waals surface area contributed by atoms with Gasteiger partial charge in [-0.25, -0.2) is 4.63 Å². The summed E-state index contributed by atoms with van der Waals surface area (Å²) in [5.74, 6) is 0.697. The highest BCUT2D eigenvalue weighted by atomic mass is 16.6. The van der Waals surface area contributed by atoms with E-state index < -0.39 is 0 Å². The smallest absolute Gasteiger partial charge is 0.135 e. The van der Waals surface area contributed by atoms with Crippen molar-refractivity contribution in [3.05, 3.63) is 29.8 Å². The molecule has 0 spiro atoms. The van der Waals surface area contributed by atoms with E-state index in [1.807, 2.05) is 18.2 Å². The maximum Gasteiger partial charge on any atom is 0.135 e. The van der Waals surface area contributed by atoms with Crippen LogP contribution in [-0.4, -0.2) is 23.4 Å². The van der Waals surface area contributed by atoms with Gasteiger partial charge in [-0.3, -0.25) is 0 Å². The van der Waals surface area contributed by atoms with E-state index in [0.29, 0.717) is 5.92 Å². The molecule has 1 saturated heterocycles. The fraction of sp³-hybridized carbons (Fsp3) is 0.385. The zero-order chi connectivity index (χ0) is 11.5. The van der Waals surface area contributed by atoms with E-state index in [2.05, 4.69) is 32.4 Å². The molecule has 17 heavy (non-hydrogen) atoms. The lowest BCUT2D eigenvalue weighted by Gasteiger charge is -2.19. The number of rotatable bonds is 2. The van der Waals surface area contributed by atoms with Crippen molar-refractivity contribution in [2.75, 3.05) is 13.1 Å². The predicted octanol–water partition coefficient (Wildman–Crippen LogP) is 2.24. The lowest BCUT2D eigenvalue weighted by atomic mass is 9.97. The van der Waals surface area contributed by atoms with Gasteiger partial charge in [0, 0.05) is 0 Å². The van der Waals surface area contributed by atoms with Gasteiger partial charge in [0.25, 0.3) is 0 Å². The average Bonchev–Trinajstić information content (AvgIpc) is 2.85. The van der Waals surface area contributed by atoms with Crippen LogP contribution in [0.2, 0.25) is 0 Å². The van der Waals surface area contributed by atoms with Gasteiger partial charge in [0.05, 0.1) is 0 Å². The lowest BCUT2D eigenvalue weighted by Crippen LogP contribution is -2.26. The molecule has 1 N–H and O–H groups in total. The van der Waals surface area contributed by atoms with Crippen molar-refractivity contribution in [1.82, 2.24) is 15.6 Å². The summed E-state index contributed by atoms with van der Waals surface area (Å²) in [7, 11) is 0. The highest BCUT2D eigenvalue weighted by molar-refractivity contribution is 5.76. The molecule has 1 aliphatic rings. The Morgan fingerprint density at radius 3 is 2.88 bits per heavy atom. The number of nitrogens with zero attached hydrogens (tertiary/aromatic N) is 2. The van der Waals surface area contributed by atoms with Gasteiger partial charge in [-0.1, -0.05) is 18.2 Å². The number of piperidine rings is 1. The topological polar surface area (TPSA) is 51.0 Å². The molecule has 0 aliphatic carbocycles. The Labute approximate surface area is 99.7 Å². The Morgan fingerprint density at radius 1 is 1.18 bits per heavy atom. The van der Waals surface area contributed by atoms with E-state index in [9.17, 15) is 0 Å². The number of aromatic nitrogens is 2. The fourth-order valence-corrected chi connectivity index (χ4v) is 2.19. The van der Waals surface area contributed by atoms with Crippen molar-refractivity contribution < 1.29 is 4.63 Å². The van der Waals surface area contributed by atoms with Crippen LogP contribution in [-0.2, 0) is 0 Å². The van der Waals surface area contributed by atoms with Crippen molar-refractivity contribution in [1.29, 1.82) is 0 Å². The molecule has 0 saturated carbocycles. The summed E-state index contributed by atoms with van der Waals surface area (Å²) in [6.45, 7) is 2.25. The number of hydrogen-bond donors (Lipinski definition) is 1. The van der Waals surface area contributed by atoms with Crippen molar-refractivity contribution in [3.8, 4) is 0 Å². The van der Waals surface area contributed by atoms with Gasteiger partial charge >= 0.3 is 0 Å². The molecule has 0 unspecified atom stereocenters. The normalized spacial score (nSPS) is 18.1. The standard InChI is InChI=1S/C13H15N3O/c1(10-5-7-14-8-6-10)2-11-3-4-12-13(9-11)16-17-15-12/h1-4,9-10,14H,5-8H2/b2-1+. The third-order valence-electron chi connectivity index (χ3n) is 3.22. The second kappa shape index (κ2) is 4.67. The molecule has 4 nitrogen and oxygen atoms in total. The van der Waals surface area contributed by atoms with Gasteiger partial charge in [0.15, 0.2) is 0 Å². The van der Waals surface area contributed by atoms with Gasteiger partial charge in [0.2, 0.25) is 0 Å².